The van der Waals surface area contributed by atoms with Crippen LogP contribution in [0.1, 0.15) is 18.1 Å². The molecule has 0 amide bonds. The van der Waals surface area contributed by atoms with Gasteiger partial charge in [0.2, 0.25) is 0 Å². The Balaban J connectivity index is 3.30. The minimum Gasteiger partial charge on any atom is -0.611 e. The van der Waals surface area contributed by atoms with Crippen LogP contribution in [0.5, 0.6) is 11.5 Å². The molecule has 0 bridgehead atoms. The van der Waals surface area contributed by atoms with Crippen LogP contribution in [0.4, 0.5) is 0 Å². The van der Waals surface area contributed by atoms with E-state index in [1.165, 1.54) is 11.8 Å². The van der Waals surface area contributed by atoms with Gasteiger partial charge in [0.25, 0.3) is 0 Å². The summed E-state index contributed by atoms with van der Waals surface area (Å²) < 4.78 is 23.2. The lowest BCUT2D eigenvalue weighted by molar-refractivity contribution is 0.386. The van der Waals surface area contributed by atoms with Gasteiger partial charge in [-0.2, -0.15) is 0 Å². The first-order valence-corrected chi connectivity index (χ1v) is 8.69. The third-order valence-corrected chi connectivity index (χ3v) is 5.16. The summed E-state index contributed by atoms with van der Waals surface area (Å²) in [6.45, 7) is 2.06. The van der Waals surface area contributed by atoms with Crippen LogP contribution in [-0.2, 0) is 17.6 Å². The lowest BCUT2D eigenvalue weighted by Gasteiger charge is -2.13. The Labute approximate surface area is 122 Å². The highest BCUT2D eigenvalue weighted by Gasteiger charge is 2.12. The second-order valence-electron chi connectivity index (χ2n) is 3.88. The molecule has 1 rings (SSSR count). The molecule has 0 N–H and O–H groups in total. The normalized spacial score (nSPS) is 13.3. The molecule has 0 saturated carbocycles. The van der Waals surface area contributed by atoms with Crippen molar-refractivity contribution >= 4 is 29.0 Å². The molecule has 106 valence electrons. The summed E-state index contributed by atoms with van der Waals surface area (Å²) in [4.78, 5) is 0. The fourth-order valence-corrected chi connectivity index (χ4v) is 3.33. The van der Waals surface area contributed by atoms with Gasteiger partial charge < -0.3 is 14.0 Å². The van der Waals surface area contributed by atoms with Crippen molar-refractivity contribution in [3.05, 3.63) is 27.5 Å². The second-order valence-corrected chi connectivity index (χ2v) is 6.33. The maximum absolute atomic E-state index is 11.6. The molecule has 0 aliphatic carbocycles. The average Bonchev–Trinajstić information content (AvgIpc) is 2.42. The van der Waals surface area contributed by atoms with Crippen molar-refractivity contribution in [3.8, 4) is 11.5 Å². The molecule has 0 heterocycles. The first-order chi connectivity index (χ1) is 9.07. The number of hydrogen-bond donors (Lipinski definition) is 0. The van der Waals surface area contributed by atoms with Gasteiger partial charge in [-0.3, -0.25) is 0 Å². The summed E-state index contributed by atoms with van der Waals surface area (Å²) in [7, 11) is 3.30. The van der Waals surface area contributed by atoms with Crippen molar-refractivity contribution in [2.24, 2.45) is 0 Å². The highest BCUT2D eigenvalue weighted by Crippen LogP contribution is 2.33. The molecule has 0 aliphatic rings. The molecule has 0 aliphatic heterocycles. The van der Waals surface area contributed by atoms with E-state index in [1.807, 2.05) is 24.5 Å². The van der Waals surface area contributed by atoms with Crippen LogP contribution >= 0.6 is 11.8 Å². The zero-order valence-electron chi connectivity index (χ0n) is 12.0. The topological polar surface area (TPSA) is 41.5 Å². The Morgan fingerprint density at radius 3 is 2.16 bits per heavy atom. The van der Waals surface area contributed by atoms with Gasteiger partial charge >= 0.3 is 0 Å². The molecule has 1 unspecified atom stereocenters. The molecule has 1 aromatic carbocycles. The van der Waals surface area contributed by atoms with E-state index in [4.69, 9.17) is 9.47 Å². The molecule has 5 heteroatoms. The van der Waals surface area contributed by atoms with Gasteiger partial charge in [0, 0.05) is 11.6 Å². The third-order valence-electron chi connectivity index (χ3n) is 2.75. The average molecular weight is 300 g/mol. The van der Waals surface area contributed by atoms with Gasteiger partial charge in [0.15, 0.2) is 4.24 Å². The van der Waals surface area contributed by atoms with E-state index in [9.17, 15) is 4.55 Å². The van der Waals surface area contributed by atoms with E-state index in [0.29, 0.717) is 0 Å². The quantitative estimate of drug-likeness (QED) is 0.756. The van der Waals surface area contributed by atoms with E-state index in [-0.39, 0.29) is 0 Å². The Hall–Kier alpha value is -0.780. The Bertz CT molecular complexity index is 431. The van der Waals surface area contributed by atoms with Crippen LogP contribution in [0, 0.1) is 0 Å². The summed E-state index contributed by atoms with van der Waals surface area (Å²) in [6.07, 6.45) is 6.34. The van der Waals surface area contributed by atoms with Crippen molar-refractivity contribution in [1.29, 1.82) is 0 Å². The molecule has 1 atom stereocenters. The van der Waals surface area contributed by atoms with Crippen LogP contribution in [-0.4, -0.2) is 31.3 Å². The number of hydrogen-bond acceptors (Lipinski definition) is 4. The van der Waals surface area contributed by atoms with Crippen molar-refractivity contribution in [1.82, 2.24) is 0 Å². The van der Waals surface area contributed by atoms with E-state index in [0.717, 1.165) is 33.3 Å². The zero-order chi connectivity index (χ0) is 14.4. The maximum Gasteiger partial charge on any atom is 0.186 e. The largest absolute Gasteiger partial charge is 0.611 e. The molecular weight excluding hydrogens is 280 g/mol. The van der Waals surface area contributed by atoms with Gasteiger partial charge in [0.05, 0.1) is 14.2 Å². The predicted octanol–water partition coefficient (Wildman–Crippen LogP) is 3.31. The second kappa shape index (κ2) is 7.72. The van der Waals surface area contributed by atoms with Crippen molar-refractivity contribution in [2.75, 3.05) is 26.7 Å². The maximum atomic E-state index is 11.6. The number of methoxy groups -OCH3 is 2. The summed E-state index contributed by atoms with van der Waals surface area (Å²) in [5, 5.41) is 0. The van der Waals surface area contributed by atoms with Crippen molar-refractivity contribution in [3.63, 3.8) is 0 Å². The predicted molar refractivity (Wildman–Crippen MR) is 84.5 cm³/mol. The van der Waals surface area contributed by atoms with Gasteiger partial charge in [-0.15, -0.1) is 0 Å². The minimum atomic E-state index is -0.986. The summed E-state index contributed by atoms with van der Waals surface area (Å²) in [6, 6.07) is 3.90. The molecule has 1 aromatic rings. The molecule has 0 radical (unpaired) electrons. The molecule has 0 fully saturated rings. The Morgan fingerprint density at radius 1 is 1.32 bits per heavy atom. The first-order valence-electron chi connectivity index (χ1n) is 5.91. The first kappa shape index (κ1) is 16.3. The summed E-state index contributed by atoms with van der Waals surface area (Å²) in [5.74, 6) is 1.60. The number of thioether (sulfide) groups is 1. The van der Waals surface area contributed by atoms with Crippen LogP contribution < -0.4 is 9.47 Å². The van der Waals surface area contributed by atoms with E-state index >= 15 is 0 Å². The van der Waals surface area contributed by atoms with Crippen LogP contribution in [0.15, 0.2) is 16.4 Å². The molecule has 3 nitrogen and oxygen atoms in total. The smallest absolute Gasteiger partial charge is 0.186 e. The van der Waals surface area contributed by atoms with Crippen molar-refractivity contribution in [2.45, 2.75) is 13.3 Å². The lowest BCUT2D eigenvalue weighted by atomic mass is 10.1. The number of ether oxygens (including phenoxy) is 2. The standard InChI is InChI=1S/C14H20O3S2/c1-6-11-12(16-2)7-10(8-13(11)17-3)9-14(18-4)19(5)15/h7-9H,6H2,1-5H3/b14-9+. The lowest BCUT2D eigenvalue weighted by Crippen LogP contribution is -1.99. The van der Waals surface area contributed by atoms with Gasteiger partial charge in [-0.05, 0) is 41.5 Å². The fourth-order valence-electron chi connectivity index (χ4n) is 1.83. The van der Waals surface area contributed by atoms with Crippen molar-refractivity contribution < 1.29 is 14.0 Å². The van der Waals surface area contributed by atoms with Crippen LogP contribution in [0.2, 0.25) is 0 Å². The fraction of sp³-hybridized carbons (Fsp3) is 0.429. The van der Waals surface area contributed by atoms with Gasteiger partial charge in [0.1, 0.15) is 17.8 Å². The zero-order valence-corrected chi connectivity index (χ0v) is 13.6. The highest BCUT2D eigenvalue weighted by molar-refractivity contribution is 8.18. The van der Waals surface area contributed by atoms with E-state index in [2.05, 4.69) is 6.92 Å². The minimum absolute atomic E-state index is 0.801. The summed E-state index contributed by atoms with van der Waals surface area (Å²) >= 11 is 0.503. The Kier molecular flexibility index (Phi) is 6.62. The molecule has 0 saturated heterocycles. The molecule has 19 heavy (non-hydrogen) atoms. The van der Waals surface area contributed by atoms with E-state index < -0.39 is 11.2 Å². The highest BCUT2D eigenvalue weighted by atomic mass is 32.3. The molecule has 0 spiro atoms. The number of benzene rings is 1. The SMILES string of the molecule is CCc1c(OC)cc(/C=C(\SC)[S+](C)[O-])cc1OC. The molecule has 0 aromatic heterocycles. The van der Waals surface area contributed by atoms with Crippen LogP contribution in [0.25, 0.3) is 6.08 Å². The van der Waals surface area contributed by atoms with Gasteiger partial charge in [-0.25, -0.2) is 0 Å². The van der Waals surface area contributed by atoms with Gasteiger partial charge in [-0.1, -0.05) is 18.7 Å². The van der Waals surface area contributed by atoms with Crippen LogP contribution in [0.3, 0.4) is 0 Å². The monoisotopic (exact) mass is 300 g/mol. The summed E-state index contributed by atoms with van der Waals surface area (Å²) in [5.41, 5.74) is 1.98. The number of rotatable bonds is 6. The third kappa shape index (κ3) is 4.09. The van der Waals surface area contributed by atoms with E-state index in [1.54, 1.807) is 20.5 Å². The Morgan fingerprint density at radius 2 is 1.84 bits per heavy atom. The molecular formula is C14H20O3S2.